The number of hydrogen-bond donors (Lipinski definition) is 0. The Morgan fingerprint density at radius 1 is 1.35 bits per heavy atom. The molecule has 4 nitrogen and oxygen atoms in total. The summed E-state index contributed by atoms with van der Waals surface area (Å²) in [6, 6.07) is 5.68. The maximum absolute atomic E-state index is 11.4. The molecule has 0 aromatic heterocycles. The lowest BCUT2D eigenvalue weighted by Crippen LogP contribution is -2.38. The second-order valence-electron chi connectivity index (χ2n) is 4.71. The summed E-state index contributed by atoms with van der Waals surface area (Å²) >= 11 is 6.17. The van der Waals surface area contributed by atoms with Crippen molar-refractivity contribution in [2.24, 2.45) is 0 Å². The van der Waals surface area contributed by atoms with Gasteiger partial charge in [-0.2, -0.15) is 0 Å². The Kier molecular flexibility index (Phi) is 6.99. The number of carbonyl (C=O) groups excluding carboxylic acids is 1. The van der Waals surface area contributed by atoms with Crippen LogP contribution in [0.25, 0.3) is 0 Å². The Morgan fingerprint density at radius 2 is 2.05 bits per heavy atom. The van der Waals surface area contributed by atoms with Gasteiger partial charge < -0.3 is 14.4 Å². The van der Waals surface area contributed by atoms with Gasteiger partial charge in [0.15, 0.2) is 5.78 Å². The van der Waals surface area contributed by atoms with Crippen molar-refractivity contribution in [3.8, 4) is 0 Å². The van der Waals surface area contributed by atoms with Crippen LogP contribution in [-0.2, 0) is 9.47 Å². The number of rotatable bonds is 8. The van der Waals surface area contributed by atoms with Crippen LogP contribution in [0.5, 0.6) is 0 Å². The molecule has 0 saturated heterocycles. The van der Waals surface area contributed by atoms with Crippen molar-refractivity contribution in [2.75, 3.05) is 38.9 Å². The van der Waals surface area contributed by atoms with E-state index < -0.39 is 0 Å². The molecule has 0 fully saturated rings. The van der Waals surface area contributed by atoms with Crippen LogP contribution in [-0.4, -0.2) is 45.8 Å². The number of ether oxygens (including phenoxy) is 2. The zero-order valence-corrected chi connectivity index (χ0v) is 13.2. The van der Waals surface area contributed by atoms with Crippen LogP contribution in [0.4, 0.5) is 5.69 Å². The van der Waals surface area contributed by atoms with Crippen molar-refractivity contribution in [2.45, 2.75) is 19.9 Å². The summed E-state index contributed by atoms with van der Waals surface area (Å²) < 4.78 is 10.4. The number of carbonyl (C=O) groups is 1. The normalized spacial score (nSPS) is 12.2. The van der Waals surface area contributed by atoms with Crippen LogP contribution in [0, 0.1) is 0 Å². The van der Waals surface area contributed by atoms with Gasteiger partial charge in [0, 0.05) is 38.1 Å². The largest absolute Gasteiger partial charge is 0.383 e. The standard InChI is InChI=1S/C15H22ClNO3/c1-11(10-20-4)17(7-8-19-3)13-5-6-14(12(2)18)15(16)9-13/h5-6,9,11H,7-8,10H2,1-4H3. The average molecular weight is 300 g/mol. The highest BCUT2D eigenvalue weighted by molar-refractivity contribution is 6.34. The van der Waals surface area contributed by atoms with Crippen LogP contribution >= 0.6 is 11.6 Å². The van der Waals surface area contributed by atoms with Crippen LogP contribution in [0.3, 0.4) is 0 Å². The quantitative estimate of drug-likeness (QED) is 0.692. The molecule has 0 saturated carbocycles. The fraction of sp³-hybridized carbons (Fsp3) is 0.533. The molecule has 0 radical (unpaired) electrons. The number of anilines is 1. The van der Waals surface area contributed by atoms with Gasteiger partial charge in [0.25, 0.3) is 0 Å². The summed E-state index contributed by atoms with van der Waals surface area (Å²) in [5.74, 6) is -0.0325. The fourth-order valence-corrected chi connectivity index (χ4v) is 2.40. The second-order valence-corrected chi connectivity index (χ2v) is 5.12. The highest BCUT2D eigenvalue weighted by Gasteiger charge is 2.16. The first-order chi connectivity index (χ1) is 9.51. The zero-order chi connectivity index (χ0) is 15.1. The van der Waals surface area contributed by atoms with E-state index in [-0.39, 0.29) is 11.8 Å². The van der Waals surface area contributed by atoms with Crippen molar-refractivity contribution < 1.29 is 14.3 Å². The summed E-state index contributed by atoms with van der Waals surface area (Å²) in [5.41, 5.74) is 1.50. The topological polar surface area (TPSA) is 38.8 Å². The van der Waals surface area contributed by atoms with Gasteiger partial charge in [-0.3, -0.25) is 4.79 Å². The first-order valence-corrected chi connectivity index (χ1v) is 6.94. The minimum Gasteiger partial charge on any atom is -0.383 e. The van der Waals surface area contributed by atoms with Crippen molar-refractivity contribution >= 4 is 23.1 Å². The molecule has 1 rings (SSSR count). The zero-order valence-electron chi connectivity index (χ0n) is 12.5. The van der Waals surface area contributed by atoms with Gasteiger partial charge in [0.05, 0.1) is 18.2 Å². The number of Topliss-reactive ketones (excluding diaryl/α,β-unsaturated/α-hetero) is 1. The van der Waals surface area contributed by atoms with Gasteiger partial charge in [-0.15, -0.1) is 0 Å². The molecule has 0 amide bonds. The number of methoxy groups -OCH3 is 2. The van der Waals surface area contributed by atoms with E-state index in [1.165, 1.54) is 6.92 Å². The van der Waals surface area contributed by atoms with Gasteiger partial charge in [-0.05, 0) is 32.0 Å². The van der Waals surface area contributed by atoms with Crippen LogP contribution in [0.1, 0.15) is 24.2 Å². The van der Waals surface area contributed by atoms with Gasteiger partial charge in [-0.25, -0.2) is 0 Å². The molecule has 1 aromatic rings. The van der Waals surface area contributed by atoms with E-state index in [2.05, 4.69) is 11.8 Å². The smallest absolute Gasteiger partial charge is 0.161 e. The minimum atomic E-state index is -0.0325. The van der Waals surface area contributed by atoms with E-state index in [4.69, 9.17) is 21.1 Å². The molecule has 0 N–H and O–H groups in total. The lowest BCUT2D eigenvalue weighted by Gasteiger charge is -2.31. The van der Waals surface area contributed by atoms with E-state index in [1.54, 1.807) is 20.3 Å². The first kappa shape index (κ1) is 17.0. The summed E-state index contributed by atoms with van der Waals surface area (Å²) in [5, 5.41) is 0.474. The lowest BCUT2D eigenvalue weighted by atomic mass is 10.1. The Bertz CT molecular complexity index is 451. The molecule has 0 aliphatic heterocycles. The van der Waals surface area contributed by atoms with Gasteiger partial charge in [-0.1, -0.05) is 11.6 Å². The number of halogens is 1. The average Bonchev–Trinajstić information content (AvgIpc) is 2.39. The van der Waals surface area contributed by atoms with Crippen molar-refractivity contribution in [1.82, 2.24) is 0 Å². The molecular weight excluding hydrogens is 278 g/mol. The molecule has 1 atom stereocenters. The third-order valence-corrected chi connectivity index (χ3v) is 3.45. The third kappa shape index (κ3) is 4.47. The summed E-state index contributed by atoms with van der Waals surface area (Å²) in [4.78, 5) is 13.6. The number of nitrogens with zero attached hydrogens (tertiary/aromatic N) is 1. The predicted molar refractivity (Wildman–Crippen MR) is 82.0 cm³/mol. The molecule has 0 aliphatic rings. The van der Waals surface area contributed by atoms with E-state index in [1.807, 2.05) is 12.1 Å². The fourth-order valence-electron chi connectivity index (χ4n) is 2.09. The molecular formula is C15H22ClNO3. The Balaban J connectivity index is 3.00. The molecule has 1 unspecified atom stereocenters. The molecule has 112 valence electrons. The Hall–Kier alpha value is -1.10. The maximum atomic E-state index is 11.4. The Labute approximate surface area is 125 Å². The molecule has 0 bridgehead atoms. The van der Waals surface area contributed by atoms with E-state index in [0.29, 0.717) is 23.8 Å². The highest BCUT2D eigenvalue weighted by Crippen LogP contribution is 2.25. The third-order valence-electron chi connectivity index (χ3n) is 3.14. The van der Waals surface area contributed by atoms with Crippen LogP contribution < -0.4 is 4.90 Å². The van der Waals surface area contributed by atoms with Gasteiger partial charge >= 0.3 is 0 Å². The molecule has 0 aliphatic carbocycles. The van der Waals surface area contributed by atoms with Crippen molar-refractivity contribution in [1.29, 1.82) is 0 Å². The predicted octanol–water partition coefficient (Wildman–Crippen LogP) is 3.03. The summed E-state index contributed by atoms with van der Waals surface area (Å²) in [6.45, 7) is 5.54. The lowest BCUT2D eigenvalue weighted by molar-refractivity contribution is 0.101. The van der Waals surface area contributed by atoms with Crippen LogP contribution in [0.2, 0.25) is 5.02 Å². The molecule has 0 heterocycles. The number of benzene rings is 1. The second kappa shape index (κ2) is 8.25. The number of hydrogen-bond acceptors (Lipinski definition) is 4. The summed E-state index contributed by atoms with van der Waals surface area (Å²) in [7, 11) is 3.35. The monoisotopic (exact) mass is 299 g/mol. The van der Waals surface area contributed by atoms with Crippen LogP contribution in [0.15, 0.2) is 18.2 Å². The Morgan fingerprint density at radius 3 is 2.55 bits per heavy atom. The maximum Gasteiger partial charge on any atom is 0.161 e. The molecule has 20 heavy (non-hydrogen) atoms. The summed E-state index contributed by atoms with van der Waals surface area (Å²) in [6.07, 6.45) is 0. The SMILES string of the molecule is COCCN(c1ccc(C(C)=O)c(Cl)c1)C(C)COC. The van der Waals surface area contributed by atoms with Gasteiger partial charge in [0.2, 0.25) is 0 Å². The van der Waals surface area contributed by atoms with Gasteiger partial charge in [0.1, 0.15) is 0 Å². The van der Waals surface area contributed by atoms with Crippen molar-refractivity contribution in [3.05, 3.63) is 28.8 Å². The first-order valence-electron chi connectivity index (χ1n) is 6.56. The molecule has 0 spiro atoms. The van der Waals surface area contributed by atoms with E-state index >= 15 is 0 Å². The van der Waals surface area contributed by atoms with E-state index in [9.17, 15) is 4.79 Å². The van der Waals surface area contributed by atoms with E-state index in [0.717, 1.165) is 12.2 Å². The molecule has 1 aromatic carbocycles. The highest BCUT2D eigenvalue weighted by atomic mass is 35.5. The molecule has 5 heteroatoms. The van der Waals surface area contributed by atoms with Crippen molar-refractivity contribution in [3.63, 3.8) is 0 Å². The minimum absolute atomic E-state index is 0.0325. The number of ketones is 1.